The minimum Gasteiger partial charge on any atom is -0.445 e. The van der Waals surface area contributed by atoms with Gasteiger partial charge in [-0.15, -0.1) is 0 Å². The number of H-pyrrole nitrogens is 1. The number of aromatic amines is 1. The maximum Gasteiger partial charge on any atom is 0.407 e. The van der Waals surface area contributed by atoms with Gasteiger partial charge >= 0.3 is 6.09 Å². The molecule has 7 nitrogen and oxygen atoms in total. The molecule has 0 saturated heterocycles. The molecule has 0 saturated carbocycles. The first-order valence-corrected chi connectivity index (χ1v) is 7.05. The molecule has 1 aromatic heterocycles. The number of hydrogen-bond donors (Lipinski definition) is 4. The van der Waals surface area contributed by atoms with Crippen molar-refractivity contribution in [1.82, 2.24) is 10.3 Å². The molecule has 1 heterocycles. The van der Waals surface area contributed by atoms with E-state index in [1.807, 2.05) is 30.3 Å². The monoisotopic (exact) mass is 318 g/mol. The number of benzene rings is 1. The molecule has 2 rings (SSSR count). The summed E-state index contributed by atoms with van der Waals surface area (Å²) in [5, 5.41) is 22.1. The Morgan fingerprint density at radius 1 is 1.22 bits per heavy atom. The largest absolute Gasteiger partial charge is 0.445 e. The first-order chi connectivity index (χ1) is 11.1. The summed E-state index contributed by atoms with van der Waals surface area (Å²) in [4.78, 5) is 25.8. The fourth-order valence-electron chi connectivity index (χ4n) is 1.94. The fourth-order valence-corrected chi connectivity index (χ4v) is 1.94. The minimum atomic E-state index is -1.41. The number of pyridine rings is 1. The molecule has 2 aromatic rings. The summed E-state index contributed by atoms with van der Waals surface area (Å²) in [6.07, 6.45) is -0.729. The van der Waals surface area contributed by atoms with Gasteiger partial charge in [0.1, 0.15) is 18.8 Å². The van der Waals surface area contributed by atoms with Gasteiger partial charge in [0.2, 0.25) is 0 Å². The molecule has 0 spiro atoms. The van der Waals surface area contributed by atoms with Gasteiger partial charge in [0.15, 0.2) is 5.43 Å². The van der Waals surface area contributed by atoms with Gasteiger partial charge < -0.3 is 25.3 Å². The Bertz CT molecular complexity index is 686. The van der Waals surface area contributed by atoms with Crippen LogP contribution < -0.4 is 10.7 Å². The van der Waals surface area contributed by atoms with Crippen LogP contribution in [0.15, 0.2) is 53.6 Å². The molecule has 23 heavy (non-hydrogen) atoms. The van der Waals surface area contributed by atoms with Crippen LogP contribution in [0.4, 0.5) is 4.79 Å². The van der Waals surface area contributed by atoms with Crippen LogP contribution in [-0.2, 0) is 11.3 Å². The van der Waals surface area contributed by atoms with E-state index in [0.29, 0.717) is 0 Å². The summed E-state index contributed by atoms with van der Waals surface area (Å²) >= 11 is 0. The molecule has 1 aromatic carbocycles. The second-order valence-corrected chi connectivity index (χ2v) is 4.92. The molecule has 0 fully saturated rings. The zero-order chi connectivity index (χ0) is 16.7. The topological polar surface area (TPSA) is 112 Å². The zero-order valence-corrected chi connectivity index (χ0v) is 12.3. The van der Waals surface area contributed by atoms with Crippen LogP contribution in [0.3, 0.4) is 0 Å². The Morgan fingerprint density at radius 2 is 1.96 bits per heavy atom. The molecule has 0 bridgehead atoms. The van der Waals surface area contributed by atoms with Crippen molar-refractivity contribution < 1.29 is 19.7 Å². The van der Waals surface area contributed by atoms with Gasteiger partial charge in [0, 0.05) is 30.6 Å². The molecule has 2 atom stereocenters. The number of aromatic nitrogens is 1. The average Bonchev–Trinajstić information content (AvgIpc) is 2.58. The highest BCUT2D eigenvalue weighted by molar-refractivity contribution is 5.67. The number of ether oxygens (including phenoxy) is 1. The fraction of sp³-hybridized carbons (Fsp3) is 0.250. The van der Waals surface area contributed by atoms with Gasteiger partial charge in [-0.05, 0) is 5.56 Å². The number of amides is 1. The van der Waals surface area contributed by atoms with Crippen LogP contribution in [-0.4, -0.2) is 33.9 Å². The Labute approximate surface area is 132 Å². The van der Waals surface area contributed by atoms with E-state index in [4.69, 9.17) is 4.74 Å². The number of rotatable bonds is 6. The lowest BCUT2D eigenvalue weighted by Gasteiger charge is -2.17. The van der Waals surface area contributed by atoms with Crippen LogP contribution in [0.5, 0.6) is 0 Å². The number of alkyl carbamates (subject to hydrolysis) is 1. The van der Waals surface area contributed by atoms with E-state index in [-0.39, 0.29) is 18.7 Å². The van der Waals surface area contributed by atoms with Gasteiger partial charge in [-0.2, -0.15) is 0 Å². The third-order valence-corrected chi connectivity index (χ3v) is 3.21. The normalized spacial score (nSPS) is 13.1. The highest BCUT2D eigenvalue weighted by Crippen LogP contribution is 2.11. The smallest absolute Gasteiger partial charge is 0.407 e. The first-order valence-electron chi connectivity index (χ1n) is 7.05. The SMILES string of the molecule is O=C(NCC(O)C(O)c1c[nH]ccc1=O)OCc1ccccc1. The van der Waals surface area contributed by atoms with Crippen molar-refractivity contribution in [2.45, 2.75) is 18.8 Å². The van der Waals surface area contributed by atoms with Crippen molar-refractivity contribution in [2.24, 2.45) is 0 Å². The molecule has 122 valence electrons. The number of hydrogen-bond acceptors (Lipinski definition) is 5. The third kappa shape index (κ3) is 4.94. The van der Waals surface area contributed by atoms with E-state index in [1.165, 1.54) is 18.5 Å². The van der Waals surface area contributed by atoms with Crippen LogP contribution in [0, 0.1) is 0 Å². The summed E-state index contributed by atoms with van der Waals surface area (Å²) < 4.78 is 4.98. The summed E-state index contributed by atoms with van der Waals surface area (Å²) in [5.41, 5.74) is 0.459. The van der Waals surface area contributed by atoms with Crippen LogP contribution in [0.25, 0.3) is 0 Å². The van der Waals surface area contributed by atoms with Crippen LogP contribution >= 0.6 is 0 Å². The number of nitrogens with one attached hydrogen (secondary N) is 2. The van der Waals surface area contributed by atoms with Crippen molar-refractivity contribution >= 4 is 6.09 Å². The van der Waals surface area contributed by atoms with Gasteiger partial charge in [-0.25, -0.2) is 4.79 Å². The molecule has 7 heteroatoms. The molecule has 0 aliphatic rings. The zero-order valence-electron chi connectivity index (χ0n) is 12.3. The van der Waals surface area contributed by atoms with E-state index in [9.17, 15) is 19.8 Å². The number of carbonyl (C=O) groups excluding carboxylic acids is 1. The Hall–Kier alpha value is -2.64. The standard InChI is InChI=1S/C16H18N2O5/c19-13-6-7-17-8-12(13)15(21)14(20)9-18-16(22)23-10-11-4-2-1-3-5-11/h1-8,14-15,20-21H,9-10H2,(H,17,19)(H,18,22). The molecule has 0 aliphatic heterocycles. The number of carbonyl (C=O) groups is 1. The highest BCUT2D eigenvalue weighted by Gasteiger charge is 2.21. The molecule has 0 aliphatic carbocycles. The second kappa shape index (κ2) is 8.11. The molecule has 2 unspecified atom stereocenters. The Kier molecular flexibility index (Phi) is 5.90. The maximum atomic E-state index is 11.6. The summed E-state index contributed by atoms with van der Waals surface area (Å²) in [6.45, 7) is -0.146. The third-order valence-electron chi connectivity index (χ3n) is 3.21. The maximum absolute atomic E-state index is 11.6. The van der Waals surface area contributed by atoms with E-state index >= 15 is 0 Å². The number of aliphatic hydroxyl groups is 2. The Morgan fingerprint density at radius 3 is 2.65 bits per heavy atom. The lowest BCUT2D eigenvalue weighted by Crippen LogP contribution is -2.37. The van der Waals surface area contributed by atoms with Crippen molar-refractivity contribution in [3.63, 3.8) is 0 Å². The highest BCUT2D eigenvalue weighted by atomic mass is 16.5. The lowest BCUT2D eigenvalue weighted by atomic mass is 10.1. The van der Waals surface area contributed by atoms with Gasteiger partial charge in [0.05, 0.1) is 0 Å². The predicted octanol–water partition coefficient (Wildman–Crippen LogP) is 0.696. The number of aliphatic hydroxyl groups excluding tert-OH is 2. The minimum absolute atomic E-state index is 0.0273. The molecular formula is C16H18N2O5. The molecule has 0 radical (unpaired) electrons. The molecule has 1 amide bonds. The second-order valence-electron chi connectivity index (χ2n) is 4.92. The van der Waals surface area contributed by atoms with Crippen molar-refractivity contribution in [1.29, 1.82) is 0 Å². The Balaban J connectivity index is 1.79. The van der Waals surface area contributed by atoms with E-state index < -0.39 is 23.7 Å². The van der Waals surface area contributed by atoms with Gasteiger partial charge in [-0.1, -0.05) is 30.3 Å². The average molecular weight is 318 g/mol. The van der Waals surface area contributed by atoms with Gasteiger partial charge in [0.25, 0.3) is 0 Å². The summed E-state index contributed by atoms with van der Waals surface area (Å²) in [7, 11) is 0. The van der Waals surface area contributed by atoms with Gasteiger partial charge in [-0.3, -0.25) is 4.79 Å². The molecular weight excluding hydrogens is 300 g/mol. The lowest BCUT2D eigenvalue weighted by molar-refractivity contribution is 0.0176. The van der Waals surface area contributed by atoms with Crippen LogP contribution in [0.2, 0.25) is 0 Å². The summed E-state index contributed by atoms with van der Waals surface area (Å²) in [5.74, 6) is 0. The van der Waals surface area contributed by atoms with E-state index in [1.54, 1.807) is 0 Å². The molecule has 4 N–H and O–H groups in total. The van der Waals surface area contributed by atoms with Crippen molar-refractivity contribution in [3.8, 4) is 0 Å². The van der Waals surface area contributed by atoms with E-state index in [2.05, 4.69) is 10.3 Å². The predicted molar refractivity (Wildman–Crippen MR) is 82.7 cm³/mol. The van der Waals surface area contributed by atoms with Crippen molar-refractivity contribution in [3.05, 3.63) is 70.1 Å². The summed E-state index contributed by atoms with van der Waals surface area (Å²) in [6, 6.07) is 10.4. The van der Waals surface area contributed by atoms with E-state index in [0.717, 1.165) is 5.56 Å². The quantitative estimate of drug-likeness (QED) is 0.626. The first kappa shape index (κ1) is 16.7. The van der Waals surface area contributed by atoms with Crippen molar-refractivity contribution in [2.75, 3.05) is 6.54 Å². The van der Waals surface area contributed by atoms with Crippen LogP contribution in [0.1, 0.15) is 17.2 Å².